The molecular weight excluding hydrogens is 203 g/mol. The molecule has 0 fully saturated rings. The smallest absolute Gasteiger partial charge is 0.126 e. The van der Waals surface area contributed by atoms with E-state index >= 15 is 0 Å². The van der Waals surface area contributed by atoms with Crippen LogP contribution in [0, 0.1) is 12.7 Å². The first kappa shape index (κ1) is 13.4. The molecule has 4 N–H and O–H groups in total. The maximum absolute atomic E-state index is 12.9. The highest BCUT2D eigenvalue weighted by molar-refractivity contribution is 5.85. The van der Waals surface area contributed by atoms with Crippen LogP contribution in [0.15, 0.2) is 18.2 Å². The van der Waals surface area contributed by atoms with Crippen molar-refractivity contribution < 1.29 is 4.39 Å². The molecule has 4 heteroatoms. The van der Waals surface area contributed by atoms with Crippen molar-refractivity contribution >= 4 is 12.4 Å². The minimum absolute atomic E-state index is 0. The Balaban J connectivity index is 0.00000169. The number of hydrogen-bond acceptors (Lipinski definition) is 2. The van der Waals surface area contributed by atoms with E-state index in [9.17, 15) is 4.39 Å². The molecule has 0 aromatic heterocycles. The number of nitrogens with two attached hydrogens (primary N) is 2. The van der Waals surface area contributed by atoms with Gasteiger partial charge >= 0.3 is 0 Å². The SMILES string of the molecule is Cc1cc([C@@H](N)CCN)ccc1F.Cl. The fourth-order valence-corrected chi connectivity index (χ4v) is 1.24. The third-order valence-electron chi connectivity index (χ3n) is 2.09. The van der Waals surface area contributed by atoms with Crippen LogP contribution in [-0.4, -0.2) is 6.54 Å². The zero-order valence-electron chi connectivity index (χ0n) is 8.16. The van der Waals surface area contributed by atoms with Gasteiger partial charge in [0, 0.05) is 6.04 Å². The minimum Gasteiger partial charge on any atom is -0.330 e. The summed E-state index contributed by atoms with van der Waals surface area (Å²) in [5.41, 5.74) is 12.8. The molecule has 0 unspecified atom stereocenters. The summed E-state index contributed by atoms with van der Waals surface area (Å²) in [6.07, 6.45) is 0.727. The first-order valence-electron chi connectivity index (χ1n) is 4.37. The van der Waals surface area contributed by atoms with Gasteiger partial charge in [0.15, 0.2) is 0 Å². The van der Waals surface area contributed by atoms with Crippen LogP contribution in [0.5, 0.6) is 0 Å². The highest BCUT2D eigenvalue weighted by Gasteiger charge is 2.06. The van der Waals surface area contributed by atoms with Crippen molar-refractivity contribution in [1.82, 2.24) is 0 Å². The van der Waals surface area contributed by atoms with E-state index in [1.54, 1.807) is 19.1 Å². The fourth-order valence-electron chi connectivity index (χ4n) is 1.24. The molecule has 1 aromatic carbocycles. The molecular formula is C10H16ClFN2. The number of benzene rings is 1. The van der Waals surface area contributed by atoms with Gasteiger partial charge in [-0.15, -0.1) is 12.4 Å². The summed E-state index contributed by atoms with van der Waals surface area (Å²) in [6, 6.07) is 4.85. The zero-order valence-corrected chi connectivity index (χ0v) is 8.98. The molecule has 0 amide bonds. The second kappa shape index (κ2) is 5.96. The molecule has 0 aliphatic rings. The molecule has 0 heterocycles. The van der Waals surface area contributed by atoms with Crippen LogP contribution in [0.3, 0.4) is 0 Å². The van der Waals surface area contributed by atoms with Crippen molar-refractivity contribution in [1.29, 1.82) is 0 Å². The lowest BCUT2D eigenvalue weighted by Gasteiger charge is -2.11. The average Bonchev–Trinajstić information content (AvgIpc) is 2.10. The van der Waals surface area contributed by atoms with Gasteiger partial charge in [0.2, 0.25) is 0 Å². The van der Waals surface area contributed by atoms with Crippen LogP contribution in [0.4, 0.5) is 4.39 Å². The van der Waals surface area contributed by atoms with Crippen molar-refractivity contribution in [3.05, 3.63) is 35.1 Å². The molecule has 0 bridgehead atoms. The number of aryl methyl sites for hydroxylation is 1. The average molecular weight is 219 g/mol. The van der Waals surface area contributed by atoms with Crippen molar-refractivity contribution in [3.63, 3.8) is 0 Å². The van der Waals surface area contributed by atoms with E-state index in [-0.39, 0.29) is 24.3 Å². The first-order chi connectivity index (χ1) is 6.15. The lowest BCUT2D eigenvalue weighted by Crippen LogP contribution is -2.15. The van der Waals surface area contributed by atoms with Crippen molar-refractivity contribution in [2.75, 3.05) is 6.54 Å². The molecule has 1 aromatic rings. The van der Waals surface area contributed by atoms with Gasteiger partial charge in [-0.1, -0.05) is 12.1 Å². The van der Waals surface area contributed by atoms with Gasteiger partial charge in [-0.05, 0) is 37.1 Å². The second-order valence-electron chi connectivity index (χ2n) is 3.19. The van der Waals surface area contributed by atoms with Gasteiger partial charge in [0.1, 0.15) is 5.82 Å². The lowest BCUT2D eigenvalue weighted by atomic mass is 10.0. The molecule has 0 aliphatic carbocycles. The molecule has 0 spiro atoms. The number of hydrogen-bond donors (Lipinski definition) is 2. The van der Waals surface area contributed by atoms with Crippen molar-refractivity contribution in [2.45, 2.75) is 19.4 Å². The molecule has 2 nitrogen and oxygen atoms in total. The molecule has 0 saturated carbocycles. The lowest BCUT2D eigenvalue weighted by molar-refractivity contribution is 0.611. The normalized spacial score (nSPS) is 12.0. The van der Waals surface area contributed by atoms with Crippen molar-refractivity contribution in [2.24, 2.45) is 11.5 Å². The van der Waals surface area contributed by atoms with Crippen LogP contribution in [0.25, 0.3) is 0 Å². The number of rotatable bonds is 3. The van der Waals surface area contributed by atoms with Gasteiger partial charge in [-0.3, -0.25) is 0 Å². The van der Waals surface area contributed by atoms with E-state index in [4.69, 9.17) is 11.5 Å². The molecule has 0 saturated heterocycles. The van der Waals surface area contributed by atoms with Gasteiger partial charge in [0.05, 0.1) is 0 Å². The van der Waals surface area contributed by atoms with E-state index in [2.05, 4.69) is 0 Å². The van der Waals surface area contributed by atoms with E-state index < -0.39 is 0 Å². The van der Waals surface area contributed by atoms with Crippen LogP contribution < -0.4 is 11.5 Å². The standard InChI is InChI=1S/C10H15FN2.ClH/c1-7-6-8(2-3-9(7)11)10(13)4-5-12;/h2-3,6,10H,4-5,12-13H2,1H3;1H/t10-;/m0./s1. The Hall–Kier alpha value is -0.640. The fraction of sp³-hybridized carbons (Fsp3) is 0.400. The quantitative estimate of drug-likeness (QED) is 0.814. The Bertz CT molecular complexity index is 291. The van der Waals surface area contributed by atoms with Crippen LogP contribution in [0.2, 0.25) is 0 Å². The predicted octanol–water partition coefficient (Wildman–Crippen LogP) is 1.90. The van der Waals surface area contributed by atoms with E-state index in [0.717, 1.165) is 12.0 Å². The molecule has 1 rings (SSSR count). The Morgan fingerprint density at radius 1 is 1.43 bits per heavy atom. The Morgan fingerprint density at radius 3 is 2.57 bits per heavy atom. The highest BCUT2D eigenvalue weighted by atomic mass is 35.5. The van der Waals surface area contributed by atoms with E-state index in [1.165, 1.54) is 6.07 Å². The van der Waals surface area contributed by atoms with Gasteiger partial charge in [0.25, 0.3) is 0 Å². The molecule has 14 heavy (non-hydrogen) atoms. The minimum atomic E-state index is -0.191. The summed E-state index contributed by atoms with van der Waals surface area (Å²) in [5.74, 6) is -0.191. The summed E-state index contributed by atoms with van der Waals surface area (Å²) < 4.78 is 12.9. The van der Waals surface area contributed by atoms with E-state index in [0.29, 0.717) is 12.1 Å². The van der Waals surface area contributed by atoms with Crippen molar-refractivity contribution in [3.8, 4) is 0 Å². The third-order valence-corrected chi connectivity index (χ3v) is 2.09. The predicted molar refractivity (Wildman–Crippen MR) is 59.0 cm³/mol. The monoisotopic (exact) mass is 218 g/mol. The summed E-state index contributed by atoms with van der Waals surface area (Å²) in [5, 5.41) is 0. The van der Waals surface area contributed by atoms with Gasteiger partial charge in [-0.25, -0.2) is 4.39 Å². The Labute approximate surface area is 89.9 Å². The maximum atomic E-state index is 12.9. The zero-order chi connectivity index (χ0) is 9.84. The Kier molecular flexibility index (Phi) is 5.69. The topological polar surface area (TPSA) is 52.0 Å². The second-order valence-corrected chi connectivity index (χ2v) is 3.19. The summed E-state index contributed by atoms with van der Waals surface area (Å²) in [7, 11) is 0. The van der Waals surface area contributed by atoms with Crippen LogP contribution >= 0.6 is 12.4 Å². The third kappa shape index (κ3) is 3.25. The maximum Gasteiger partial charge on any atom is 0.126 e. The summed E-state index contributed by atoms with van der Waals surface area (Å²) in [4.78, 5) is 0. The largest absolute Gasteiger partial charge is 0.330 e. The summed E-state index contributed by atoms with van der Waals surface area (Å²) >= 11 is 0. The number of halogens is 2. The Morgan fingerprint density at radius 2 is 2.07 bits per heavy atom. The molecule has 0 aliphatic heterocycles. The molecule has 1 atom stereocenters. The van der Waals surface area contributed by atoms with Crippen LogP contribution in [-0.2, 0) is 0 Å². The van der Waals surface area contributed by atoms with Crippen LogP contribution in [0.1, 0.15) is 23.6 Å². The molecule has 0 radical (unpaired) electrons. The van der Waals surface area contributed by atoms with Gasteiger partial charge < -0.3 is 11.5 Å². The molecule has 80 valence electrons. The summed E-state index contributed by atoms with van der Waals surface area (Å²) in [6.45, 7) is 2.28. The first-order valence-corrected chi connectivity index (χ1v) is 4.37. The van der Waals surface area contributed by atoms with E-state index in [1.807, 2.05) is 0 Å². The van der Waals surface area contributed by atoms with Gasteiger partial charge in [-0.2, -0.15) is 0 Å². The highest BCUT2D eigenvalue weighted by Crippen LogP contribution is 2.16.